The molecule has 0 radical (unpaired) electrons. The number of fused-ring (bicyclic) bond motifs is 3. The number of anilines is 1. The van der Waals surface area contributed by atoms with Crippen molar-refractivity contribution in [3.05, 3.63) is 36.4 Å². The van der Waals surface area contributed by atoms with Gasteiger partial charge >= 0.3 is 11.8 Å². The molecule has 2 N–H and O–H groups in total. The molecule has 0 fully saturated rings. The quantitative estimate of drug-likeness (QED) is 0.515. The monoisotopic (exact) mass is 369 g/mol. The van der Waals surface area contributed by atoms with E-state index in [2.05, 4.69) is 10.6 Å². The Hall–Kier alpha value is -3.06. The first-order chi connectivity index (χ1) is 13.0. The van der Waals surface area contributed by atoms with Gasteiger partial charge in [-0.05, 0) is 39.2 Å². The SMILES string of the molecule is COc1cc2c(cc1NC(=O)C(=O)NCCCN(C)C)oc1ccccc12. The summed E-state index contributed by atoms with van der Waals surface area (Å²) in [4.78, 5) is 26.2. The Morgan fingerprint density at radius 3 is 2.59 bits per heavy atom. The number of carbonyl (C=O) groups excluding carboxylic acids is 2. The minimum absolute atomic E-state index is 0.387. The van der Waals surface area contributed by atoms with Gasteiger partial charge in [-0.3, -0.25) is 9.59 Å². The summed E-state index contributed by atoms with van der Waals surface area (Å²) in [5, 5.41) is 7.06. The zero-order valence-electron chi connectivity index (χ0n) is 15.7. The fourth-order valence-corrected chi connectivity index (χ4v) is 2.87. The molecule has 2 aromatic carbocycles. The van der Waals surface area contributed by atoms with Crippen molar-refractivity contribution >= 4 is 39.4 Å². The molecule has 7 heteroatoms. The molecule has 27 heavy (non-hydrogen) atoms. The highest BCUT2D eigenvalue weighted by molar-refractivity contribution is 6.39. The summed E-state index contributed by atoms with van der Waals surface area (Å²) in [7, 11) is 5.42. The zero-order valence-corrected chi connectivity index (χ0v) is 15.7. The van der Waals surface area contributed by atoms with Crippen LogP contribution in [0, 0.1) is 0 Å². The van der Waals surface area contributed by atoms with Crippen LogP contribution in [0.25, 0.3) is 21.9 Å². The maximum atomic E-state index is 12.2. The van der Waals surface area contributed by atoms with Crippen LogP contribution in [-0.4, -0.2) is 51.0 Å². The van der Waals surface area contributed by atoms with Crippen LogP contribution in [0.1, 0.15) is 6.42 Å². The van der Waals surface area contributed by atoms with Crippen molar-refractivity contribution in [2.75, 3.05) is 39.6 Å². The molecule has 3 aromatic rings. The fourth-order valence-electron chi connectivity index (χ4n) is 2.87. The van der Waals surface area contributed by atoms with Crippen LogP contribution in [0.3, 0.4) is 0 Å². The fraction of sp³-hybridized carbons (Fsp3) is 0.300. The number of nitrogens with zero attached hydrogens (tertiary/aromatic N) is 1. The number of para-hydroxylation sites is 1. The molecule has 0 spiro atoms. The van der Waals surface area contributed by atoms with Crippen LogP contribution in [0.15, 0.2) is 40.8 Å². The molecule has 1 aromatic heterocycles. The summed E-state index contributed by atoms with van der Waals surface area (Å²) in [5.74, 6) is -0.961. The molecule has 0 bridgehead atoms. The van der Waals surface area contributed by atoms with Crippen molar-refractivity contribution in [2.45, 2.75) is 6.42 Å². The van der Waals surface area contributed by atoms with E-state index in [1.54, 1.807) is 12.1 Å². The average Bonchev–Trinajstić information content (AvgIpc) is 3.01. The molecule has 7 nitrogen and oxygen atoms in total. The van der Waals surface area contributed by atoms with Gasteiger partial charge < -0.3 is 24.7 Å². The molecule has 0 saturated heterocycles. The van der Waals surface area contributed by atoms with E-state index in [9.17, 15) is 9.59 Å². The number of ether oxygens (including phenoxy) is 1. The summed E-state index contributed by atoms with van der Waals surface area (Å²) in [6.07, 6.45) is 0.764. The molecular formula is C20H23N3O4. The van der Waals surface area contributed by atoms with Crippen LogP contribution in [0.2, 0.25) is 0 Å². The van der Waals surface area contributed by atoms with Crippen molar-refractivity contribution in [3.8, 4) is 5.75 Å². The predicted octanol–water partition coefficient (Wildman–Crippen LogP) is 2.60. The largest absolute Gasteiger partial charge is 0.495 e. The Labute approximate surface area is 157 Å². The van der Waals surface area contributed by atoms with Crippen molar-refractivity contribution < 1.29 is 18.7 Å². The van der Waals surface area contributed by atoms with Crippen LogP contribution in [0.5, 0.6) is 5.75 Å². The highest BCUT2D eigenvalue weighted by Crippen LogP contribution is 2.36. The van der Waals surface area contributed by atoms with Gasteiger partial charge in [-0.2, -0.15) is 0 Å². The van der Waals surface area contributed by atoms with Crippen LogP contribution in [0.4, 0.5) is 5.69 Å². The smallest absolute Gasteiger partial charge is 0.313 e. The van der Waals surface area contributed by atoms with Gasteiger partial charge in [0.15, 0.2) is 0 Å². The van der Waals surface area contributed by atoms with Gasteiger partial charge in [0.25, 0.3) is 0 Å². The number of carbonyl (C=O) groups is 2. The van der Waals surface area contributed by atoms with Gasteiger partial charge in [0, 0.05) is 23.4 Å². The van der Waals surface area contributed by atoms with Crippen LogP contribution < -0.4 is 15.4 Å². The van der Waals surface area contributed by atoms with E-state index in [4.69, 9.17) is 9.15 Å². The number of methoxy groups -OCH3 is 1. The Bertz CT molecular complexity index is 978. The number of rotatable bonds is 6. The second kappa shape index (κ2) is 8.09. The van der Waals surface area contributed by atoms with Crippen molar-refractivity contribution in [1.82, 2.24) is 10.2 Å². The highest BCUT2D eigenvalue weighted by atomic mass is 16.5. The molecule has 3 rings (SSSR count). The minimum Gasteiger partial charge on any atom is -0.495 e. The molecule has 1 heterocycles. The lowest BCUT2D eigenvalue weighted by Gasteiger charge is -2.11. The maximum Gasteiger partial charge on any atom is 0.313 e. The van der Waals surface area contributed by atoms with Crippen molar-refractivity contribution in [1.29, 1.82) is 0 Å². The lowest BCUT2D eigenvalue weighted by molar-refractivity contribution is -0.136. The standard InChI is InChI=1S/C20H23N3O4/c1-23(2)10-6-9-21-19(24)20(25)22-15-12-17-14(11-18(15)26-3)13-7-4-5-8-16(13)27-17/h4-5,7-8,11-12H,6,9-10H2,1-3H3,(H,21,24)(H,22,25). The number of nitrogens with one attached hydrogen (secondary N) is 2. The molecule has 2 amide bonds. The molecular weight excluding hydrogens is 346 g/mol. The maximum absolute atomic E-state index is 12.2. The summed E-state index contributed by atoms with van der Waals surface area (Å²) in [6.45, 7) is 1.27. The Morgan fingerprint density at radius 1 is 1.07 bits per heavy atom. The molecule has 0 aliphatic carbocycles. The molecule has 142 valence electrons. The Balaban J connectivity index is 1.76. The predicted molar refractivity (Wildman–Crippen MR) is 105 cm³/mol. The number of hydrogen-bond donors (Lipinski definition) is 2. The van der Waals surface area contributed by atoms with Crippen molar-refractivity contribution in [3.63, 3.8) is 0 Å². The normalized spacial score (nSPS) is 11.1. The van der Waals surface area contributed by atoms with E-state index < -0.39 is 11.8 Å². The number of amides is 2. The van der Waals surface area contributed by atoms with E-state index in [0.717, 1.165) is 29.3 Å². The van der Waals surface area contributed by atoms with Gasteiger partial charge in [-0.25, -0.2) is 0 Å². The molecule has 0 saturated carbocycles. The minimum atomic E-state index is -0.742. The van der Waals surface area contributed by atoms with Crippen LogP contribution >= 0.6 is 0 Å². The summed E-state index contributed by atoms with van der Waals surface area (Å²) in [5.41, 5.74) is 1.74. The third-order valence-electron chi connectivity index (χ3n) is 4.22. The third kappa shape index (κ3) is 4.20. The second-order valence-corrected chi connectivity index (χ2v) is 6.51. The van der Waals surface area contributed by atoms with Gasteiger partial charge in [-0.1, -0.05) is 18.2 Å². The van der Waals surface area contributed by atoms with Gasteiger partial charge in [-0.15, -0.1) is 0 Å². The van der Waals surface area contributed by atoms with E-state index in [0.29, 0.717) is 23.6 Å². The van der Waals surface area contributed by atoms with E-state index in [1.807, 2.05) is 43.3 Å². The lowest BCUT2D eigenvalue weighted by Crippen LogP contribution is -2.36. The average molecular weight is 369 g/mol. The van der Waals surface area contributed by atoms with Gasteiger partial charge in [0.2, 0.25) is 0 Å². The van der Waals surface area contributed by atoms with Gasteiger partial charge in [0.05, 0.1) is 12.8 Å². The number of hydrogen-bond acceptors (Lipinski definition) is 5. The van der Waals surface area contributed by atoms with Gasteiger partial charge in [0.1, 0.15) is 16.9 Å². The summed E-state index contributed by atoms with van der Waals surface area (Å²) in [6, 6.07) is 11.1. The Morgan fingerprint density at radius 2 is 1.85 bits per heavy atom. The molecule has 0 aliphatic rings. The molecule has 0 unspecified atom stereocenters. The van der Waals surface area contributed by atoms with Crippen molar-refractivity contribution in [2.24, 2.45) is 0 Å². The third-order valence-corrected chi connectivity index (χ3v) is 4.22. The Kier molecular flexibility index (Phi) is 5.61. The van der Waals surface area contributed by atoms with Crippen LogP contribution in [-0.2, 0) is 9.59 Å². The number of furan rings is 1. The van der Waals surface area contributed by atoms with E-state index >= 15 is 0 Å². The topological polar surface area (TPSA) is 83.8 Å². The summed E-state index contributed by atoms with van der Waals surface area (Å²) < 4.78 is 11.2. The molecule has 0 atom stereocenters. The first kappa shape index (κ1) is 18.7. The second-order valence-electron chi connectivity index (χ2n) is 6.51. The lowest BCUT2D eigenvalue weighted by atomic mass is 10.1. The molecule has 0 aliphatic heterocycles. The van der Waals surface area contributed by atoms with E-state index in [1.165, 1.54) is 7.11 Å². The first-order valence-electron chi connectivity index (χ1n) is 8.73. The van der Waals surface area contributed by atoms with E-state index in [-0.39, 0.29) is 0 Å². The summed E-state index contributed by atoms with van der Waals surface area (Å²) >= 11 is 0. The zero-order chi connectivity index (χ0) is 19.4. The highest BCUT2D eigenvalue weighted by Gasteiger charge is 2.18. The first-order valence-corrected chi connectivity index (χ1v) is 8.73. The number of benzene rings is 2.